The van der Waals surface area contributed by atoms with E-state index in [2.05, 4.69) is 20.2 Å². The summed E-state index contributed by atoms with van der Waals surface area (Å²) in [4.78, 5) is 2.15. The summed E-state index contributed by atoms with van der Waals surface area (Å²) in [5.41, 5.74) is 0. The van der Waals surface area contributed by atoms with Gasteiger partial charge in [-0.1, -0.05) is 0 Å². The van der Waals surface area contributed by atoms with Crippen molar-refractivity contribution in [2.75, 3.05) is 31.2 Å². The molecule has 0 aliphatic carbocycles. The van der Waals surface area contributed by atoms with Gasteiger partial charge in [-0.25, -0.2) is 0 Å². The van der Waals surface area contributed by atoms with Crippen LogP contribution in [0.4, 0.5) is 5.88 Å². The molecular formula is C12H15N5O2S. The zero-order valence-electron chi connectivity index (χ0n) is 11.1. The standard InChI is InChI=1S/C12H15N5O2S/c1-9-14-15-12(20)17(9)13-8-10-2-3-11(19-10)16-4-6-18-7-5-16/h2-3,8H,4-7H2,1H3,(H,15,20)/b13-8-. The highest BCUT2D eigenvalue weighted by Crippen LogP contribution is 2.18. The summed E-state index contributed by atoms with van der Waals surface area (Å²) in [6, 6.07) is 3.82. The van der Waals surface area contributed by atoms with Gasteiger partial charge in [0.1, 0.15) is 11.6 Å². The van der Waals surface area contributed by atoms with Crippen molar-refractivity contribution in [3.05, 3.63) is 28.5 Å². The average molecular weight is 293 g/mol. The van der Waals surface area contributed by atoms with Crippen LogP contribution >= 0.6 is 12.2 Å². The number of furan rings is 1. The van der Waals surface area contributed by atoms with E-state index >= 15 is 0 Å². The Kier molecular flexibility index (Phi) is 3.66. The molecule has 1 N–H and O–H groups in total. The minimum absolute atomic E-state index is 0.457. The van der Waals surface area contributed by atoms with E-state index < -0.39 is 0 Å². The molecule has 0 bridgehead atoms. The molecule has 1 fully saturated rings. The minimum Gasteiger partial charge on any atom is -0.440 e. The first-order valence-corrected chi connectivity index (χ1v) is 6.76. The summed E-state index contributed by atoms with van der Waals surface area (Å²) in [5.74, 6) is 2.21. The van der Waals surface area contributed by atoms with E-state index in [1.807, 2.05) is 19.1 Å². The Hall–Kier alpha value is -1.93. The lowest BCUT2D eigenvalue weighted by atomic mass is 10.4. The molecule has 0 spiro atoms. The third kappa shape index (κ3) is 2.66. The lowest BCUT2D eigenvalue weighted by Crippen LogP contribution is -2.35. The number of H-pyrrole nitrogens is 1. The molecule has 3 rings (SSSR count). The molecule has 0 radical (unpaired) electrons. The second-order valence-electron chi connectivity index (χ2n) is 4.41. The number of morpholine rings is 1. The number of hydrogen-bond acceptors (Lipinski definition) is 6. The quantitative estimate of drug-likeness (QED) is 0.687. The van der Waals surface area contributed by atoms with Crippen molar-refractivity contribution < 1.29 is 9.15 Å². The predicted molar refractivity (Wildman–Crippen MR) is 76.9 cm³/mol. The Labute approximate surface area is 120 Å². The predicted octanol–water partition coefficient (Wildman–Crippen LogP) is 1.56. The summed E-state index contributed by atoms with van der Waals surface area (Å²) in [5, 5.41) is 10.9. The molecule has 8 heteroatoms. The first-order valence-electron chi connectivity index (χ1n) is 6.35. The van der Waals surface area contributed by atoms with Crippen LogP contribution in [0.1, 0.15) is 11.6 Å². The van der Waals surface area contributed by atoms with Gasteiger partial charge in [-0.2, -0.15) is 14.9 Å². The number of aromatic nitrogens is 3. The maximum atomic E-state index is 5.74. The number of nitrogens with zero attached hydrogens (tertiary/aromatic N) is 4. The monoisotopic (exact) mass is 293 g/mol. The van der Waals surface area contributed by atoms with Crippen molar-refractivity contribution in [2.24, 2.45) is 5.10 Å². The Bertz CT molecular complexity index is 665. The molecule has 1 aliphatic rings. The van der Waals surface area contributed by atoms with E-state index in [1.54, 1.807) is 10.9 Å². The maximum absolute atomic E-state index is 5.74. The Morgan fingerprint density at radius 1 is 1.40 bits per heavy atom. The highest BCUT2D eigenvalue weighted by atomic mass is 32.1. The van der Waals surface area contributed by atoms with E-state index in [1.165, 1.54) is 0 Å². The number of aryl methyl sites for hydroxylation is 1. The SMILES string of the molecule is Cc1n[nH]c(=S)n1/N=C\c1ccc(N2CCOCC2)o1. The van der Waals surface area contributed by atoms with Crippen LogP contribution in [0.25, 0.3) is 0 Å². The fourth-order valence-electron chi connectivity index (χ4n) is 1.99. The number of aromatic amines is 1. The number of ether oxygens (including phenoxy) is 1. The van der Waals surface area contributed by atoms with E-state index in [9.17, 15) is 0 Å². The molecule has 0 atom stereocenters. The van der Waals surface area contributed by atoms with E-state index in [4.69, 9.17) is 21.4 Å². The molecule has 106 valence electrons. The van der Waals surface area contributed by atoms with Crippen LogP contribution in [0.3, 0.4) is 0 Å². The van der Waals surface area contributed by atoms with Gasteiger partial charge < -0.3 is 14.1 Å². The fourth-order valence-corrected chi connectivity index (χ4v) is 2.21. The fraction of sp³-hybridized carbons (Fsp3) is 0.417. The van der Waals surface area contributed by atoms with Gasteiger partial charge in [0.2, 0.25) is 4.77 Å². The van der Waals surface area contributed by atoms with Crippen molar-refractivity contribution >= 4 is 24.3 Å². The molecule has 0 aromatic carbocycles. The van der Waals surface area contributed by atoms with E-state index in [0.29, 0.717) is 16.4 Å². The van der Waals surface area contributed by atoms with Crippen LogP contribution in [-0.2, 0) is 4.74 Å². The van der Waals surface area contributed by atoms with Crippen LogP contribution in [0.15, 0.2) is 21.7 Å². The highest BCUT2D eigenvalue weighted by molar-refractivity contribution is 7.71. The Morgan fingerprint density at radius 3 is 2.90 bits per heavy atom. The second-order valence-corrected chi connectivity index (χ2v) is 4.79. The van der Waals surface area contributed by atoms with Gasteiger partial charge in [0.15, 0.2) is 5.88 Å². The third-order valence-corrected chi connectivity index (χ3v) is 3.31. The highest BCUT2D eigenvalue weighted by Gasteiger charge is 2.14. The lowest BCUT2D eigenvalue weighted by Gasteiger charge is -2.26. The smallest absolute Gasteiger partial charge is 0.216 e. The molecule has 7 nitrogen and oxygen atoms in total. The van der Waals surface area contributed by atoms with Crippen molar-refractivity contribution in [3.63, 3.8) is 0 Å². The van der Waals surface area contributed by atoms with Crippen LogP contribution in [0, 0.1) is 11.7 Å². The zero-order chi connectivity index (χ0) is 13.9. The molecule has 20 heavy (non-hydrogen) atoms. The number of rotatable bonds is 3. The average Bonchev–Trinajstić information content (AvgIpc) is 3.06. The lowest BCUT2D eigenvalue weighted by molar-refractivity contribution is 0.120. The largest absolute Gasteiger partial charge is 0.440 e. The maximum Gasteiger partial charge on any atom is 0.216 e. The molecule has 0 saturated carbocycles. The molecule has 1 aliphatic heterocycles. The Balaban J connectivity index is 1.75. The third-order valence-electron chi connectivity index (χ3n) is 3.05. The topological polar surface area (TPSA) is 71.6 Å². The first kappa shape index (κ1) is 13.1. The molecule has 0 amide bonds. The van der Waals surface area contributed by atoms with Crippen molar-refractivity contribution in [2.45, 2.75) is 6.92 Å². The van der Waals surface area contributed by atoms with Gasteiger partial charge in [0.05, 0.1) is 19.4 Å². The summed E-state index contributed by atoms with van der Waals surface area (Å²) in [6.45, 7) is 4.97. The molecule has 3 heterocycles. The normalized spacial score (nSPS) is 16.1. The molecule has 2 aromatic heterocycles. The van der Waals surface area contributed by atoms with Gasteiger partial charge in [0.25, 0.3) is 0 Å². The van der Waals surface area contributed by atoms with Crippen molar-refractivity contribution in [1.82, 2.24) is 14.9 Å². The van der Waals surface area contributed by atoms with E-state index in [0.717, 1.165) is 32.2 Å². The number of hydrogen-bond donors (Lipinski definition) is 1. The van der Waals surface area contributed by atoms with Gasteiger partial charge >= 0.3 is 0 Å². The molecule has 1 saturated heterocycles. The van der Waals surface area contributed by atoms with Crippen LogP contribution in [0.5, 0.6) is 0 Å². The van der Waals surface area contributed by atoms with Crippen molar-refractivity contribution in [1.29, 1.82) is 0 Å². The molecule has 0 unspecified atom stereocenters. The van der Waals surface area contributed by atoms with Gasteiger partial charge in [-0.3, -0.25) is 5.10 Å². The van der Waals surface area contributed by atoms with Crippen LogP contribution < -0.4 is 4.90 Å². The summed E-state index contributed by atoms with van der Waals surface area (Å²) < 4.78 is 13.1. The zero-order valence-corrected chi connectivity index (χ0v) is 11.9. The van der Waals surface area contributed by atoms with Crippen molar-refractivity contribution in [3.8, 4) is 0 Å². The van der Waals surface area contributed by atoms with Crippen LogP contribution in [0.2, 0.25) is 0 Å². The number of nitrogens with one attached hydrogen (secondary N) is 1. The van der Waals surface area contributed by atoms with Gasteiger partial charge in [0, 0.05) is 19.2 Å². The minimum atomic E-state index is 0.457. The van der Waals surface area contributed by atoms with Gasteiger partial charge in [-0.05, 0) is 25.2 Å². The molecule has 2 aromatic rings. The summed E-state index contributed by atoms with van der Waals surface area (Å²) in [6.07, 6.45) is 1.63. The summed E-state index contributed by atoms with van der Waals surface area (Å²) >= 11 is 5.07. The summed E-state index contributed by atoms with van der Waals surface area (Å²) in [7, 11) is 0. The number of anilines is 1. The van der Waals surface area contributed by atoms with Gasteiger partial charge in [-0.15, -0.1) is 0 Å². The first-order chi connectivity index (χ1) is 9.74. The van der Waals surface area contributed by atoms with Crippen LogP contribution in [-0.4, -0.2) is 47.4 Å². The Morgan fingerprint density at radius 2 is 2.20 bits per heavy atom. The van der Waals surface area contributed by atoms with E-state index in [-0.39, 0.29) is 0 Å². The molecular weight excluding hydrogens is 278 g/mol. The second kappa shape index (κ2) is 5.59.